The maximum atomic E-state index is 11.7. The van der Waals surface area contributed by atoms with E-state index in [1.165, 1.54) is 0 Å². The highest BCUT2D eigenvalue weighted by molar-refractivity contribution is 6.31. The lowest BCUT2D eigenvalue weighted by atomic mass is 10.1. The first kappa shape index (κ1) is 11.0. The van der Waals surface area contributed by atoms with Gasteiger partial charge in [-0.25, -0.2) is 0 Å². The van der Waals surface area contributed by atoms with Gasteiger partial charge in [-0.3, -0.25) is 9.59 Å². The number of nitrogens with one attached hydrogen (secondary N) is 1. The Labute approximate surface area is 97.2 Å². The minimum Gasteiger partial charge on any atom is -0.480 e. The minimum atomic E-state index is -1.22. The van der Waals surface area contributed by atoms with Gasteiger partial charge in [0.05, 0.1) is 0 Å². The number of amides is 1. The second kappa shape index (κ2) is 3.79. The van der Waals surface area contributed by atoms with Crippen LogP contribution in [0.5, 0.6) is 0 Å². The summed E-state index contributed by atoms with van der Waals surface area (Å²) in [6.45, 7) is 0. The lowest BCUT2D eigenvalue weighted by Gasteiger charge is -2.10. The third kappa shape index (κ3) is 1.88. The molecule has 1 fully saturated rings. The van der Waals surface area contributed by atoms with Crippen molar-refractivity contribution in [2.75, 3.05) is 5.32 Å². The van der Waals surface area contributed by atoms with Crippen molar-refractivity contribution in [2.24, 2.45) is 5.41 Å². The lowest BCUT2D eigenvalue weighted by molar-refractivity contribution is -0.147. The number of halogens is 1. The fourth-order valence-corrected chi connectivity index (χ4v) is 1.67. The lowest BCUT2D eigenvalue weighted by Crippen LogP contribution is -2.31. The molecule has 1 aromatic carbocycles. The van der Waals surface area contributed by atoms with Gasteiger partial charge in [0.25, 0.3) is 0 Å². The van der Waals surface area contributed by atoms with Crippen LogP contribution in [0.1, 0.15) is 12.8 Å². The Morgan fingerprint density at radius 2 is 2.06 bits per heavy atom. The highest BCUT2D eigenvalue weighted by atomic mass is 35.5. The molecule has 2 N–H and O–H groups in total. The van der Waals surface area contributed by atoms with Crippen LogP contribution < -0.4 is 5.32 Å². The topological polar surface area (TPSA) is 66.4 Å². The Morgan fingerprint density at radius 3 is 2.56 bits per heavy atom. The molecule has 0 aliphatic heterocycles. The molecule has 1 amide bonds. The molecule has 1 aromatic rings. The van der Waals surface area contributed by atoms with Gasteiger partial charge < -0.3 is 10.4 Å². The van der Waals surface area contributed by atoms with Crippen LogP contribution in [0.3, 0.4) is 0 Å². The smallest absolute Gasteiger partial charge is 0.319 e. The van der Waals surface area contributed by atoms with E-state index >= 15 is 0 Å². The standard InChI is InChI=1S/C11H10ClNO3/c12-7-2-1-3-8(6-7)13-9(14)11(4-5-11)10(15)16/h1-3,6H,4-5H2,(H,13,14)(H,15,16). The summed E-state index contributed by atoms with van der Waals surface area (Å²) in [5, 5.41) is 12.0. The minimum absolute atomic E-state index is 0.398. The first-order chi connectivity index (χ1) is 7.54. The van der Waals surface area contributed by atoms with Crippen molar-refractivity contribution in [3.05, 3.63) is 29.3 Å². The number of carboxylic acid groups (broad SMARTS) is 1. The molecule has 0 radical (unpaired) electrons. The van der Waals surface area contributed by atoms with Gasteiger partial charge in [0.1, 0.15) is 5.41 Å². The Morgan fingerprint density at radius 1 is 1.38 bits per heavy atom. The molecule has 1 aliphatic carbocycles. The van der Waals surface area contributed by atoms with Gasteiger partial charge in [0.15, 0.2) is 0 Å². The van der Waals surface area contributed by atoms with E-state index in [4.69, 9.17) is 16.7 Å². The highest BCUT2D eigenvalue weighted by Gasteiger charge is 2.57. The molecular weight excluding hydrogens is 230 g/mol. The van der Waals surface area contributed by atoms with Crippen molar-refractivity contribution in [2.45, 2.75) is 12.8 Å². The van der Waals surface area contributed by atoms with Gasteiger partial charge in [-0.2, -0.15) is 0 Å². The molecule has 16 heavy (non-hydrogen) atoms. The van der Waals surface area contributed by atoms with E-state index < -0.39 is 17.3 Å². The molecule has 0 atom stereocenters. The van der Waals surface area contributed by atoms with Crippen LogP contribution in [0.4, 0.5) is 5.69 Å². The Bertz CT molecular complexity index is 454. The number of carbonyl (C=O) groups excluding carboxylic acids is 1. The first-order valence-electron chi connectivity index (χ1n) is 4.85. The van der Waals surface area contributed by atoms with E-state index in [0.717, 1.165) is 0 Å². The van der Waals surface area contributed by atoms with Gasteiger partial charge in [0, 0.05) is 10.7 Å². The summed E-state index contributed by atoms with van der Waals surface area (Å²) >= 11 is 5.75. The van der Waals surface area contributed by atoms with Gasteiger partial charge in [-0.1, -0.05) is 17.7 Å². The van der Waals surface area contributed by atoms with E-state index in [1.54, 1.807) is 24.3 Å². The second-order valence-electron chi connectivity index (χ2n) is 3.85. The molecule has 0 unspecified atom stereocenters. The average Bonchev–Trinajstić information content (AvgIpc) is 2.97. The fraction of sp³-hybridized carbons (Fsp3) is 0.273. The maximum absolute atomic E-state index is 11.7. The average molecular weight is 240 g/mol. The van der Waals surface area contributed by atoms with Crippen LogP contribution in [-0.2, 0) is 9.59 Å². The predicted octanol–water partition coefficient (Wildman–Crippen LogP) is 2.14. The third-order valence-electron chi connectivity index (χ3n) is 2.68. The largest absolute Gasteiger partial charge is 0.480 e. The SMILES string of the molecule is O=C(O)C1(C(=O)Nc2cccc(Cl)c2)CC1. The van der Waals surface area contributed by atoms with Crippen LogP contribution in [0.15, 0.2) is 24.3 Å². The fourth-order valence-electron chi connectivity index (χ4n) is 1.48. The Hall–Kier alpha value is -1.55. The molecule has 5 heteroatoms. The van der Waals surface area contributed by atoms with Gasteiger partial charge in [-0.05, 0) is 31.0 Å². The summed E-state index contributed by atoms with van der Waals surface area (Å²) in [7, 11) is 0. The molecule has 2 rings (SSSR count). The van der Waals surface area contributed by atoms with Gasteiger partial charge in [0.2, 0.25) is 5.91 Å². The van der Waals surface area contributed by atoms with Gasteiger partial charge >= 0.3 is 5.97 Å². The monoisotopic (exact) mass is 239 g/mol. The molecule has 1 saturated carbocycles. The van der Waals surface area contributed by atoms with Crippen LogP contribution in [-0.4, -0.2) is 17.0 Å². The van der Waals surface area contributed by atoms with Crippen molar-refractivity contribution in [1.82, 2.24) is 0 Å². The molecular formula is C11H10ClNO3. The van der Waals surface area contributed by atoms with Crippen molar-refractivity contribution >= 4 is 29.2 Å². The van der Waals surface area contributed by atoms with Crippen molar-refractivity contribution in [3.63, 3.8) is 0 Å². The molecule has 0 saturated heterocycles. The first-order valence-corrected chi connectivity index (χ1v) is 5.23. The van der Waals surface area contributed by atoms with E-state index in [2.05, 4.69) is 5.32 Å². The molecule has 0 aromatic heterocycles. The molecule has 0 bridgehead atoms. The molecule has 1 aliphatic rings. The predicted molar refractivity (Wildman–Crippen MR) is 59.4 cm³/mol. The van der Waals surface area contributed by atoms with Crippen LogP contribution in [0.25, 0.3) is 0 Å². The van der Waals surface area contributed by atoms with Crippen molar-refractivity contribution in [1.29, 1.82) is 0 Å². The van der Waals surface area contributed by atoms with Crippen molar-refractivity contribution in [3.8, 4) is 0 Å². The summed E-state index contributed by atoms with van der Waals surface area (Å²) in [5.74, 6) is -1.53. The summed E-state index contributed by atoms with van der Waals surface area (Å²) < 4.78 is 0. The zero-order chi connectivity index (χ0) is 11.8. The second-order valence-corrected chi connectivity index (χ2v) is 4.29. The number of carboxylic acids is 1. The number of hydrogen-bond donors (Lipinski definition) is 2. The highest BCUT2D eigenvalue weighted by Crippen LogP contribution is 2.46. The summed E-state index contributed by atoms with van der Waals surface area (Å²) in [5.41, 5.74) is -0.701. The number of hydrogen-bond acceptors (Lipinski definition) is 2. The zero-order valence-corrected chi connectivity index (χ0v) is 9.12. The number of benzene rings is 1. The molecule has 4 nitrogen and oxygen atoms in total. The number of carbonyl (C=O) groups is 2. The molecule has 84 valence electrons. The van der Waals surface area contributed by atoms with E-state index in [-0.39, 0.29) is 0 Å². The number of rotatable bonds is 3. The van der Waals surface area contributed by atoms with Gasteiger partial charge in [-0.15, -0.1) is 0 Å². The molecule has 0 spiro atoms. The van der Waals surface area contributed by atoms with Crippen molar-refractivity contribution < 1.29 is 14.7 Å². The summed E-state index contributed by atoms with van der Waals surface area (Å²) in [6.07, 6.45) is 0.795. The van der Waals surface area contributed by atoms with E-state index in [9.17, 15) is 9.59 Å². The quantitative estimate of drug-likeness (QED) is 0.795. The van der Waals surface area contributed by atoms with Crippen LogP contribution >= 0.6 is 11.6 Å². The summed E-state index contributed by atoms with van der Waals surface area (Å²) in [6, 6.07) is 6.62. The zero-order valence-electron chi connectivity index (χ0n) is 8.37. The third-order valence-corrected chi connectivity index (χ3v) is 2.91. The van der Waals surface area contributed by atoms with Crippen LogP contribution in [0, 0.1) is 5.41 Å². The van der Waals surface area contributed by atoms with E-state index in [0.29, 0.717) is 23.6 Å². The Kier molecular flexibility index (Phi) is 2.59. The van der Waals surface area contributed by atoms with Crippen LogP contribution in [0.2, 0.25) is 5.02 Å². The van der Waals surface area contributed by atoms with E-state index in [1.807, 2.05) is 0 Å². The maximum Gasteiger partial charge on any atom is 0.319 e. The normalized spacial score (nSPS) is 16.6. The molecule has 0 heterocycles. The summed E-state index contributed by atoms with van der Waals surface area (Å²) in [4.78, 5) is 22.6. The number of aliphatic carboxylic acids is 1. The Balaban J connectivity index is 2.11. The number of anilines is 1.